The summed E-state index contributed by atoms with van der Waals surface area (Å²) in [5, 5.41) is 2.79. The quantitative estimate of drug-likeness (QED) is 0.766. The lowest BCUT2D eigenvalue weighted by Gasteiger charge is -2.44. The number of hydrogen-bond acceptors (Lipinski definition) is 4. The van der Waals surface area contributed by atoms with E-state index in [-0.39, 0.29) is 29.9 Å². The number of carbonyl (C=O) groups excluding carboxylic acids is 2. The first kappa shape index (κ1) is 16.9. The van der Waals surface area contributed by atoms with Crippen molar-refractivity contribution in [2.45, 2.75) is 52.1 Å². The molecule has 1 saturated heterocycles. The molecule has 1 fully saturated rings. The Morgan fingerprint density at radius 1 is 1.20 bits per heavy atom. The van der Waals surface area contributed by atoms with Crippen LogP contribution in [-0.4, -0.2) is 54.8 Å². The van der Waals surface area contributed by atoms with E-state index in [1.165, 1.54) is 4.90 Å². The van der Waals surface area contributed by atoms with E-state index in [4.69, 9.17) is 0 Å². The molecular weight excluding hydrogens is 280 g/mol. The van der Waals surface area contributed by atoms with Crippen LogP contribution in [0.25, 0.3) is 0 Å². The third-order valence-electron chi connectivity index (χ3n) is 4.17. The van der Waals surface area contributed by atoms with Crippen LogP contribution >= 0.6 is 0 Å². The molecule has 0 aromatic heterocycles. The average Bonchev–Trinajstić information content (AvgIpc) is 2.43. The third kappa shape index (κ3) is 3.13. The molecule has 2 amide bonds. The van der Waals surface area contributed by atoms with Gasteiger partial charge in [0, 0.05) is 12.3 Å². The Balaban J connectivity index is 2.97. The molecule has 1 atom stereocenters. The number of nitrogens with zero attached hydrogens (tertiary/aromatic N) is 1. The average molecular weight is 304 g/mol. The maximum Gasteiger partial charge on any atom is 0.249 e. The number of carbonyl (C=O) groups is 2. The van der Waals surface area contributed by atoms with Crippen LogP contribution in [0.15, 0.2) is 0 Å². The number of sulfone groups is 1. The number of nitrogens with one attached hydrogen (secondary N) is 1. The Kier molecular flexibility index (Phi) is 5.18. The zero-order valence-corrected chi connectivity index (χ0v) is 13.4. The number of amides is 2. The lowest BCUT2D eigenvalue weighted by atomic mass is 9.87. The molecule has 0 spiro atoms. The highest BCUT2D eigenvalue weighted by molar-refractivity contribution is 7.91. The van der Waals surface area contributed by atoms with E-state index in [1.54, 1.807) is 13.8 Å². The minimum Gasteiger partial charge on any atom is -0.340 e. The van der Waals surface area contributed by atoms with Gasteiger partial charge in [-0.05, 0) is 19.8 Å². The molecule has 0 aliphatic carbocycles. The zero-order chi connectivity index (χ0) is 15.6. The Labute approximate surface area is 120 Å². The SMILES string of the molecule is CCC1(CC)NC(=O)C(C)N(CCS(=O)(=O)CC)C1=O. The number of hydrogen-bond donors (Lipinski definition) is 1. The van der Waals surface area contributed by atoms with Crippen molar-refractivity contribution in [2.24, 2.45) is 0 Å². The van der Waals surface area contributed by atoms with Gasteiger partial charge in [-0.15, -0.1) is 0 Å². The molecule has 1 N–H and O–H groups in total. The fraction of sp³-hybridized carbons (Fsp3) is 0.846. The summed E-state index contributed by atoms with van der Waals surface area (Å²) in [6.45, 7) is 6.97. The monoisotopic (exact) mass is 304 g/mol. The molecule has 116 valence electrons. The van der Waals surface area contributed by atoms with Crippen LogP contribution < -0.4 is 5.32 Å². The van der Waals surface area contributed by atoms with E-state index in [0.717, 1.165) is 0 Å². The largest absolute Gasteiger partial charge is 0.340 e. The molecule has 0 bridgehead atoms. The molecule has 1 unspecified atom stereocenters. The molecule has 1 aliphatic rings. The molecule has 7 heteroatoms. The minimum absolute atomic E-state index is 0.0440. The van der Waals surface area contributed by atoms with Gasteiger partial charge in [0.2, 0.25) is 11.8 Å². The standard InChI is InChI=1S/C13H24N2O4S/c1-5-13(6-2)12(17)15(10(4)11(16)14-13)8-9-20(18,19)7-3/h10H,5-9H2,1-4H3,(H,14,16). The predicted octanol–water partition coefficient (Wildman–Crippen LogP) is 0.327. The minimum atomic E-state index is -3.16. The molecule has 0 aromatic rings. The van der Waals surface area contributed by atoms with Crippen molar-refractivity contribution in [1.29, 1.82) is 0 Å². The van der Waals surface area contributed by atoms with Crippen LogP contribution in [0.3, 0.4) is 0 Å². The Morgan fingerprint density at radius 3 is 2.20 bits per heavy atom. The second kappa shape index (κ2) is 6.11. The van der Waals surface area contributed by atoms with Crippen molar-refractivity contribution < 1.29 is 18.0 Å². The summed E-state index contributed by atoms with van der Waals surface area (Å²) in [6.07, 6.45) is 0.996. The van der Waals surface area contributed by atoms with Gasteiger partial charge in [0.25, 0.3) is 0 Å². The molecule has 20 heavy (non-hydrogen) atoms. The van der Waals surface area contributed by atoms with E-state index < -0.39 is 21.4 Å². The summed E-state index contributed by atoms with van der Waals surface area (Å²) < 4.78 is 23.2. The summed E-state index contributed by atoms with van der Waals surface area (Å²) in [6, 6.07) is -0.624. The summed E-state index contributed by atoms with van der Waals surface area (Å²) in [4.78, 5) is 26.0. The van der Waals surface area contributed by atoms with E-state index in [1.807, 2.05) is 13.8 Å². The summed E-state index contributed by atoms with van der Waals surface area (Å²) >= 11 is 0. The van der Waals surface area contributed by atoms with Crippen LogP contribution in [0.2, 0.25) is 0 Å². The maximum atomic E-state index is 12.6. The first-order valence-electron chi connectivity index (χ1n) is 7.06. The van der Waals surface area contributed by atoms with Gasteiger partial charge < -0.3 is 10.2 Å². The fourth-order valence-electron chi connectivity index (χ4n) is 2.39. The second-order valence-electron chi connectivity index (χ2n) is 5.19. The van der Waals surface area contributed by atoms with Gasteiger partial charge in [-0.3, -0.25) is 9.59 Å². The van der Waals surface area contributed by atoms with Crippen molar-refractivity contribution in [1.82, 2.24) is 10.2 Å². The first-order valence-corrected chi connectivity index (χ1v) is 8.88. The molecule has 0 saturated carbocycles. The number of piperazine rings is 1. The summed E-state index contributed by atoms with van der Waals surface area (Å²) in [7, 11) is -3.16. The van der Waals surface area contributed by atoms with Gasteiger partial charge in [0.05, 0.1) is 5.75 Å². The summed E-state index contributed by atoms with van der Waals surface area (Å²) in [5.41, 5.74) is -0.889. The van der Waals surface area contributed by atoms with Gasteiger partial charge in [-0.2, -0.15) is 0 Å². The summed E-state index contributed by atoms with van der Waals surface area (Å²) in [5.74, 6) is -0.457. The van der Waals surface area contributed by atoms with Crippen LogP contribution in [0.4, 0.5) is 0 Å². The molecular formula is C13H24N2O4S. The lowest BCUT2D eigenvalue weighted by molar-refractivity contribution is -0.154. The molecule has 1 aliphatic heterocycles. The molecule has 6 nitrogen and oxygen atoms in total. The van der Waals surface area contributed by atoms with Crippen molar-refractivity contribution in [2.75, 3.05) is 18.1 Å². The van der Waals surface area contributed by atoms with Crippen molar-refractivity contribution in [3.05, 3.63) is 0 Å². The van der Waals surface area contributed by atoms with Crippen LogP contribution in [0.5, 0.6) is 0 Å². The second-order valence-corrected chi connectivity index (χ2v) is 7.66. The topological polar surface area (TPSA) is 83.6 Å². The van der Waals surface area contributed by atoms with Crippen LogP contribution in [-0.2, 0) is 19.4 Å². The Bertz CT molecular complexity index is 483. The van der Waals surface area contributed by atoms with Crippen molar-refractivity contribution >= 4 is 21.7 Å². The number of rotatable bonds is 6. The smallest absolute Gasteiger partial charge is 0.249 e. The Morgan fingerprint density at radius 2 is 1.75 bits per heavy atom. The van der Waals surface area contributed by atoms with Crippen LogP contribution in [0, 0.1) is 0 Å². The molecule has 1 heterocycles. The Hall–Kier alpha value is -1.11. The lowest BCUT2D eigenvalue weighted by Crippen LogP contribution is -2.69. The van der Waals surface area contributed by atoms with Gasteiger partial charge in [-0.25, -0.2) is 8.42 Å². The highest BCUT2D eigenvalue weighted by atomic mass is 32.2. The normalized spacial score (nSPS) is 22.8. The van der Waals surface area contributed by atoms with Gasteiger partial charge >= 0.3 is 0 Å². The predicted molar refractivity (Wildman–Crippen MR) is 77.0 cm³/mol. The molecule has 0 radical (unpaired) electrons. The van der Waals surface area contributed by atoms with Gasteiger partial charge in [0.1, 0.15) is 11.6 Å². The van der Waals surface area contributed by atoms with E-state index >= 15 is 0 Å². The molecule has 0 aromatic carbocycles. The van der Waals surface area contributed by atoms with Crippen molar-refractivity contribution in [3.8, 4) is 0 Å². The highest BCUT2D eigenvalue weighted by Crippen LogP contribution is 2.24. The van der Waals surface area contributed by atoms with E-state index in [2.05, 4.69) is 5.32 Å². The first-order chi connectivity index (χ1) is 9.23. The molecule has 1 rings (SSSR count). The highest BCUT2D eigenvalue weighted by Gasteiger charge is 2.47. The third-order valence-corrected chi connectivity index (χ3v) is 5.85. The van der Waals surface area contributed by atoms with E-state index in [9.17, 15) is 18.0 Å². The van der Waals surface area contributed by atoms with Crippen LogP contribution in [0.1, 0.15) is 40.5 Å². The van der Waals surface area contributed by atoms with Crippen molar-refractivity contribution in [3.63, 3.8) is 0 Å². The zero-order valence-electron chi connectivity index (χ0n) is 12.6. The van der Waals surface area contributed by atoms with Gasteiger partial charge in [0.15, 0.2) is 9.84 Å². The van der Waals surface area contributed by atoms with Gasteiger partial charge in [-0.1, -0.05) is 20.8 Å². The fourth-order valence-corrected chi connectivity index (χ4v) is 3.16. The van der Waals surface area contributed by atoms with E-state index in [0.29, 0.717) is 12.8 Å². The maximum absolute atomic E-state index is 12.6.